The minimum Gasteiger partial charge on any atom is -0.346 e. The van der Waals surface area contributed by atoms with Gasteiger partial charge in [-0.2, -0.15) is 0 Å². The molecular formula is C16H11N5O. The van der Waals surface area contributed by atoms with Crippen LogP contribution in [-0.2, 0) is 4.79 Å². The number of carbonyl (C=O) groups excluding carboxylic acids is 1. The molecule has 106 valence electrons. The van der Waals surface area contributed by atoms with Crippen LogP contribution in [0.25, 0.3) is 17.1 Å². The van der Waals surface area contributed by atoms with E-state index in [1.54, 1.807) is 24.5 Å². The zero-order valence-corrected chi connectivity index (χ0v) is 11.4. The maximum Gasteiger partial charge on any atom is 0.275 e. The Morgan fingerprint density at radius 1 is 1.05 bits per heavy atom. The van der Waals surface area contributed by atoms with Gasteiger partial charge in [0, 0.05) is 29.5 Å². The number of pyridine rings is 2. The summed E-state index contributed by atoms with van der Waals surface area (Å²) in [5, 5.41) is 3.68. The van der Waals surface area contributed by atoms with Crippen LogP contribution < -0.4 is 5.32 Å². The van der Waals surface area contributed by atoms with Gasteiger partial charge in [-0.25, -0.2) is 9.98 Å². The average Bonchev–Trinajstić information content (AvgIpc) is 3.13. The Kier molecular flexibility index (Phi) is 2.79. The summed E-state index contributed by atoms with van der Waals surface area (Å²) >= 11 is 0. The van der Waals surface area contributed by atoms with Crippen molar-refractivity contribution in [3.63, 3.8) is 0 Å². The molecule has 6 nitrogen and oxygen atoms in total. The summed E-state index contributed by atoms with van der Waals surface area (Å²) in [5.74, 6) is 0.230. The molecule has 0 bridgehead atoms. The fourth-order valence-electron chi connectivity index (χ4n) is 2.34. The third-order valence-electron chi connectivity index (χ3n) is 3.38. The van der Waals surface area contributed by atoms with Crippen LogP contribution in [0.2, 0.25) is 0 Å². The Hall–Kier alpha value is -3.28. The smallest absolute Gasteiger partial charge is 0.275 e. The van der Waals surface area contributed by atoms with Gasteiger partial charge in [-0.3, -0.25) is 9.78 Å². The minimum absolute atomic E-state index is 0.237. The quantitative estimate of drug-likeness (QED) is 0.706. The second-order valence-corrected chi connectivity index (χ2v) is 4.80. The Labute approximate surface area is 125 Å². The van der Waals surface area contributed by atoms with Crippen molar-refractivity contribution in [2.24, 2.45) is 4.99 Å². The predicted molar refractivity (Wildman–Crippen MR) is 83.0 cm³/mol. The summed E-state index contributed by atoms with van der Waals surface area (Å²) in [4.78, 5) is 27.9. The molecular weight excluding hydrogens is 278 g/mol. The number of nitrogens with one attached hydrogen (secondary N) is 2. The van der Waals surface area contributed by atoms with Crippen molar-refractivity contribution >= 4 is 28.9 Å². The van der Waals surface area contributed by atoms with Crippen LogP contribution in [0.15, 0.2) is 59.6 Å². The number of hydrogen-bond acceptors (Lipinski definition) is 4. The van der Waals surface area contributed by atoms with Crippen molar-refractivity contribution in [1.29, 1.82) is 0 Å². The number of amidine groups is 1. The third kappa shape index (κ3) is 2.07. The molecule has 0 radical (unpaired) electrons. The van der Waals surface area contributed by atoms with Crippen molar-refractivity contribution < 1.29 is 4.79 Å². The largest absolute Gasteiger partial charge is 0.346 e. The number of aromatic nitrogens is 3. The van der Waals surface area contributed by atoms with Gasteiger partial charge in [-0.05, 0) is 30.3 Å². The highest BCUT2D eigenvalue weighted by atomic mass is 16.2. The Morgan fingerprint density at radius 2 is 1.95 bits per heavy atom. The van der Waals surface area contributed by atoms with Gasteiger partial charge < -0.3 is 10.3 Å². The topological polar surface area (TPSA) is 83.0 Å². The van der Waals surface area contributed by atoms with Crippen LogP contribution in [0, 0.1) is 0 Å². The number of aliphatic imine (C=N–C) groups is 1. The summed E-state index contributed by atoms with van der Waals surface area (Å²) in [5.41, 5.74) is 2.64. The first-order chi connectivity index (χ1) is 10.8. The summed E-state index contributed by atoms with van der Waals surface area (Å²) < 4.78 is 0. The highest BCUT2D eigenvalue weighted by molar-refractivity contribution is 6.19. The summed E-state index contributed by atoms with van der Waals surface area (Å²) in [6.45, 7) is 0. The number of aromatic amines is 1. The van der Waals surface area contributed by atoms with Crippen molar-refractivity contribution in [1.82, 2.24) is 20.3 Å². The van der Waals surface area contributed by atoms with E-state index >= 15 is 0 Å². The first-order valence-electron chi connectivity index (χ1n) is 6.76. The molecule has 0 fully saturated rings. The molecule has 0 unspecified atom stereocenters. The number of rotatable bonds is 2. The van der Waals surface area contributed by atoms with Crippen molar-refractivity contribution in [3.8, 4) is 0 Å². The van der Waals surface area contributed by atoms with Gasteiger partial charge in [0.2, 0.25) is 0 Å². The molecule has 0 atom stereocenters. The molecule has 0 aromatic carbocycles. The van der Waals surface area contributed by atoms with Crippen LogP contribution in [-0.4, -0.2) is 26.7 Å². The van der Waals surface area contributed by atoms with E-state index in [4.69, 9.17) is 0 Å². The van der Waals surface area contributed by atoms with E-state index in [2.05, 4.69) is 25.3 Å². The van der Waals surface area contributed by atoms with Crippen LogP contribution in [0.5, 0.6) is 0 Å². The Morgan fingerprint density at radius 3 is 2.82 bits per heavy atom. The van der Waals surface area contributed by atoms with Crippen LogP contribution in [0.1, 0.15) is 11.3 Å². The third-order valence-corrected chi connectivity index (χ3v) is 3.38. The summed E-state index contributed by atoms with van der Waals surface area (Å²) in [6.07, 6.45) is 6.93. The maximum atomic E-state index is 12.1. The molecule has 2 N–H and O–H groups in total. The maximum absolute atomic E-state index is 12.1. The average molecular weight is 289 g/mol. The van der Waals surface area contributed by atoms with Crippen LogP contribution >= 0.6 is 0 Å². The molecule has 0 aliphatic carbocycles. The normalized spacial score (nSPS) is 16.1. The van der Waals surface area contributed by atoms with Crippen molar-refractivity contribution in [2.45, 2.75) is 0 Å². The zero-order valence-electron chi connectivity index (χ0n) is 11.4. The number of H-pyrrole nitrogens is 1. The van der Waals surface area contributed by atoms with Gasteiger partial charge in [0.25, 0.3) is 5.91 Å². The predicted octanol–water partition coefficient (Wildman–Crippen LogP) is 1.88. The molecule has 3 aromatic heterocycles. The first kappa shape index (κ1) is 12.5. The highest BCUT2D eigenvalue weighted by Gasteiger charge is 2.22. The van der Waals surface area contributed by atoms with Gasteiger partial charge >= 0.3 is 0 Å². The molecule has 0 saturated carbocycles. The number of nitrogens with zero attached hydrogens (tertiary/aromatic N) is 3. The lowest BCUT2D eigenvalue weighted by molar-refractivity contribution is -0.115. The van der Waals surface area contributed by atoms with E-state index in [1.165, 1.54) is 0 Å². The van der Waals surface area contributed by atoms with Crippen molar-refractivity contribution in [3.05, 3.63) is 65.9 Å². The van der Waals surface area contributed by atoms with E-state index < -0.39 is 0 Å². The SMILES string of the molecule is O=C1NC(c2ccccn2)=N/C1=C\c1c[nH]c2ncccc12. The van der Waals surface area contributed by atoms with E-state index in [9.17, 15) is 4.79 Å². The molecule has 0 saturated heterocycles. The zero-order chi connectivity index (χ0) is 14.9. The Balaban J connectivity index is 1.76. The monoisotopic (exact) mass is 289 g/mol. The van der Waals surface area contributed by atoms with Crippen molar-refractivity contribution in [2.75, 3.05) is 0 Å². The number of hydrogen-bond donors (Lipinski definition) is 2. The lowest BCUT2D eigenvalue weighted by atomic mass is 10.2. The van der Waals surface area contributed by atoms with Crippen LogP contribution in [0.3, 0.4) is 0 Å². The fourth-order valence-corrected chi connectivity index (χ4v) is 2.34. The second kappa shape index (κ2) is 4.92. The fraction of sp³-hybridized carbons (Fsp3) is 0. The van der Waals surface area contributed by atoms with E-state index in [0.717, 1.165) is 16.6 Å². The second-order valence-electron chi connectivity index (χ2n) is 4.80. The minimum atomic E-state index is -0.237. The molecule has 1 aliphatic rings. The Bertz CT molecular complexity index is 924. The number of amides is 1. The molecule has 1 amide bonds. The lowest BCUT2D eigenvalue weighted by Crippen LogP contribution is -2.25. The molecule has 1 aliphatic heterocycles. The number of fused-ring (bicyclic) bond motifs is 1. The van der Waals surface area contributed by atoms with E-state index in [1.807, 2.05) is 30.5 Å². The molecule has 22 heavy (non-hydrogen) atoms. The van der Waals surface area contributed by atoms with Gasteiger partial charge in [-0.1, -0.05) is 6.07 Å². The van der Waals surface area contributed by atoms with Gasteiger partial charge in [0.05, 0.1) is 0 Å². The molecule has 4 heterocycles. The van der Waals surface area contributed by atoms with Gasteiger partial charge in [-0.15, -0.1) is 0 Å². The van der Waals surface area contributed by atoms with E-state index in [-0.39, 0.29) is 5.91 Å². The molecule has 6 heteroatoms. The summed E-state index contributed by atoms with van der Waals surface area (Å²) in [7, 11) is 0. The molecule has 4 rings (SSSR count). The molecule has 0 spiro atoms. The highest BCUT2D eigenvalue weighted by Crippen LogP contribution is 2.20. The van der Waals surface area contributed by atoms with Crippen LogP contribution in [0.4, 0.5) is 0 Å². The molecule has 3 aromatic rings. The summed E-state index contributed by atoms with van der Waals surface area (Å²) in [6, 6.07) is 9.27. The van der Waals surface area contributed by atoms with Gasteiger partial charge in [0.15, 0.2) is 5.84 Å². The lowest BCUT2D eigenvalue weighted by Gasteiger charge is -1.97. The number of carbonyl (C=O) groups is 1. The first-order valence-corrected chi connectivity index (χ1v) is 6.76. The van der Waals surface area contributed by atoms with E-state index in [0.29, 0.717) is 17.2 Å². The standard InChI is InChI=1S/C16H11N5O/c22-16-13(20-15(21-16)12-5-1-2-6-17-12)8-10-9-19-14-11(10)4-3-7-18-14/h1-9H,(H,18,19)(H,20,21,22)/b13-8-. The van der Waals surface area contributed by atoms with Gasteiger partial charge in [0.1, 0.15) is 17.0 Å².